The molecule has 0 aliphatic carbocycles. The van der Waals surface area contributed by atoms with E-state index >= 15 is 0 Å². The third-order valence-electron chi connectivity index (χ3n) is 12.9. The van der Waals surface area contributed by atoms with E-state index in [0.29, 0.717) is 17.4 Å². The second-order valence-electron chi connectivity index (χ2n) is 21.4. The van der Waals surface area contributed by atoms with E-state index in [9.17, 15) is 19.0 Å². The van der Waals surface area contributed by atoms with Gasteiger partial charge in [-0.2, -0.15) is 0 Å². The van der Waals surface area contributed by atoms with Gasteiger partial charge in [0.15, 0.2) is 6.10 Å². The highest BCUT2D eigenvalue weighted by Crippen LogP contribution is 2.43. The summed E-state index contributed by atoms with van der Waals surface area (Å²) in [5.74, 6) is -0.805. The smallest absolute Gasteiger partial charge is 0.462 e. The van der Waals surface area contributed by atoms with Gasteiger partial charge in [0.1, 0.15) is 19.8 Å². The van der Waals surface area contributed by atoms with Gasteiger partial charge in [0.25, 0.3) is 0 Å². The van der Waals surface area contributed by atoms with Crippen LogP contribution in [-0.2, 0) is 32.7 Å². The number of ether oxygens (including phenoxy) is 2. The molecular weight excluding hydrogens is 942 g/mol. The van der Waals surface area contributed by atoms with Gasteiger partial charge in [0.05, 0.1) is 27.7 Å². The van der Waals surface area contributed by atoms with Crippen molar-refractivity contribution in [3.05, 3.63) is 85.1 Å². The first kappa shape index (κ1) is 71.2. The zero-order valence-electron chi connectivity index (χ0n) is 48.6. The molecule has 0 radical (unpaired) electrons. The number of phosphoric acid groups is 1. The molecule has 9 nitrogen and oxygen atoms in total. The predicted molar refractivity (Wildman–Crippen MR) is 316 cm³/mol. The van der Waals surface area contributed by atoms with Gasteiger partial charge in [0.2, 0.25) is 0 Å². The normalized spacial score (nSPS) is 13.9. The summed E-state index contributed by atoms with van der Waals surface area (Å²) in [7, 11) is 1.47. The molecule has 0 aromatic heterocycles. The van der Waals surface area contributed by atoms with Crippen molar-refractivity contribution in [2.75, 3.05) is 47.5 Å². The Morgan fingerprint density at radius 3 is 1.16 bits per heavy atom. The van der Waals surface area contributed by atoms with Gasteiger partial charge in [-0.1, -0.05) is 240 Å². The first-order valence-corrected chi connectivity index (χ1v) is 31.8. The first-order chi connectivity index (χ1) is 36.0. The summed E-state index contributed by atoms with van der Waals surface area (Å²) in [6.07, 6.45) is 73.6. The number of unbranched alkanes of at least 4 members (excludes halogenated alkanes) is 27. The molecule has 0 aliphatic rings. The quantitative estimate of drug-likeness (QED) is 0.0211. The van der Waals surface area contributed by atoms with E-state index in [-0.39, 0.29) is 32.0 Å². The molecular formula is C64H115NO8P+. The predicted octanol–water partition coefficient (Wildman–Crippen LogP) is 19.0. The van der Waals surface area contributed by atoms with Gasteiger partial charge >= 0.3 is 19.8 Å². The van der Waals surface area contributed by atoms with Crippen molar-refractivity contribution >= 4 is 19.8 Å². The monoisotopic (exact) mass is 1060 g/mol. The van der Waals surface area contributed by atoms with Crippen LogP contribution in [0, 0.1) is 0 Å². The highest BCUT2D eigenvalue weighted by molar-refractivity contribution is 7.47. The standard InChI is InChI=1S/C64H114NO8P/c1-6-8-10-12-14-16-18-20-22-24-26-28-30-31-32-33-35-37-39-41-43-45-47-49-51-53-55-57-64(67)73-62(61-72-74(68,69)71-59-58-65(3,4)5)60-70-63(66)56-54-52-50-48-46-44-42-40-38-36-34-29-27-25-23-21-19-17-15-13-11-9-7-2/h8,10,14,16,20,22,25-28,31-32,35,37,62H,6-7,9,11-13,15,17-19,21,23-24,29-30,33-34,36,38-61H2,1-5H3/p+1/b10-8-,16-14-,22-20-,27-25-,28-26-,32-31-,37-35-. The van der Waals surface area contributed by atoms with Crippen LogP contribution >= 0.6 is 7.82 Å². The molecule has 0 heterocycles. The molecule has 2 unspecified atom stereocenters. The van der Waals surface area contributed by atoms with E-state index in [4.69, 9.17) is 18.5 Å². The highest BCUT2D eigenvalue weighted by atomic mass is 31.2. The summed E-state index contributed by atoms with van der Waals surface area (Å²) in [5.41, 5.74) is 0. The summed E-state index contributed by atoms with van der Waals surface area (Å²) in [6, 6.07) is 0. The third-order valence-corrected chi connectivity index (χ3v) is 13.9. The lowest BCUT2D eigenvalue weighted by Crippen LogP contribution is -2.37. The minimum absolute atomic E-state index is 0.0266. The number of nitrogens with zero attached hydrogens (tertiary/aromatic N) is 1. The van der Waals surface area contributed by atoms with Crippen molar-refractivity contribution in [2.24, 2.45) is 0 Å². The molecule has 0 aliphatic heterocycles. The lowest BCUT2D eigenvalue weighted by atomic mass is 10.0. The summed E-state index contributed by atoms with van der Waals surface area (Å²) in [5, 5.41) is 0. The second kappa shape index (κ2) is 55.0. The molecule has 0 rings (SSSR count). The van der Waals surface area contributed by atoms with Crippen LogP contribution in [0.25, 0.3) is 0 Å². The van der Waals surface area contributed by atoms with Crippen LogP contribution in [0.15, 0.2) is 85.1 Å². The number of carbonyl (C=O) groups is 2. The summed E-state index contributed by atoms with van der Waals surface area (Å²) < 4.78 is 34.6. The van der Waals surface area contributed by atoms with Crippen LogP contribution < -0.4 is 0 Å². The van der Waals surface area contributed by atoms with Crippen molar-refractivity contribution in [1.82, 2.24) is 0 Å². The number of quaternary nitrogens is 1. The third kappa shape index (κ3) is 58.5. The van der Waals surface area contributed by atoms with Gasteiger partial charge in [-0.25, -0.2) is 4.57 Å². The van der Waals surface area contributed by atoms with Crippen LogP contribution in [0.5, 0.6) is 0 Å². The maximum atomic E-state index is 12.8. The van der Waals surface area contributed by atoms with E-state index in [1.54, 1.807) is 0 Å². The number of carbonyl (C=O) groups excluding carboxylic acids is 2. The first-order valence-electron chi connectivity index (χ1n) is 30.3. The Labute approximate surface area is 456 Å². The summed E-state index contributed by atoms with van der Waals surface area (Å²) in [6.45, 7) is 4.33. The highest BCUT2D eigenvalue weighted by Gasteiger charge is 2.27. The van der Waals surface area contributed by atoms with E-state index in [0.717, 1.165) is 83.5 Å². The molecule has 0 aromatic carbocycles. The maximum Gasteiger partial charge on any atom is 0.472 e. The number of phosphoric ester groups is 1. The fraction of sp³-hybridized carbons (Fsp3) is 0.750. The van der Waals surface area contributed by atoms with Crippen LogP contribution in [0.4, 0.5) is 0 Å². The molecule has 10 heteroatoms. The van der Waals surface area contributed by atoms with Crippen molar-refractivity contribution in [1.29, 1.82) is 0 Å². The van der Waals surface area contributed by atoms with Gasteiger partial charge in [-0.05, 0) is 89.9 Å². The van der Waals surface area contributed by atoms with Gasteiger partial charge in [-0.3, -0.25) is 18.6 Å². The molecule has 0 bridgehead atoms. The van der Waals surface area contributed by atoms with E-state index in [1.165, 1.54) is 141 Å². The Balaban J connectivity index is 4.18. The Morgan fingerprint density at radius 1 is 0.432 bits per heavy atom. The molecule has 0 fully saturated rings. The molecule has 1 N–H and O–H groups in total. The maximum absolute atomic E-state index is 12.8. The van der Waals surface area contributed by atoms with Crippen LogP contribution in [0.1, 0.15) is 258 Å². The number of rotatable bonds is 55. The van der Waals surface area contributed by atoms with Crippen molar-refractivity contribution in [3.8, 4) is 0 Å². The Bertz CT molecular complexity index is 1520. The average Bonchev–Trinajstić information content (AvgIpc) is 3.36. The molecule has 0 saturated heterocycles. The van der Waals surface area contributed by atoms with Gasteiger partial charge < -0.3 is 18.9 Å². The van der Waals surface area contributed by atoms with Crippen LogP contribution in [0.2, 0.25) is 0 Å². The molecule has 0 aromatic rings. The SMILES string of the molecule is CC/C=C\C/C=C\C/C=C\C/C=C\C/C=C\C/C=C\CCCCCCCCCCC(=O)OC(COC(=O)CCCCCCCCCCCCC/C=C\CCCCCCCCCC)COP(=O)(O)OCC[N+](C)(C)C. The van der Waals surface area contributed by atoms with E-state index in [1.807, 2.05) is 21.1 Å². The minimum atomic E-state index is -4.39. The van der Waals surface area contributed by atoms with Crippen molar-refractivity contribution in [3.63, 3.8) is 0 Å². The molecule has 0 amide bonds. The Kier molecular flexibility index (Phi) is 52.9. The number of likely N-dealkylation sites (N-methyl/N-ethyl adjacent to an activating group) is 1. The summed E-state index contributed by atoms with van der Waals surface area (Å²) >= 11 is 0. The molecule has 0 saturated carbocycles. The van der Waals surface area contributed by atoms with Crippen LogP contribution in [0.3, 0.4) is 0 Å². The van der Waals surface area contributed by atoms with E-state index < -0.39 is 26.5 Å². The molecule has 74 heavy (non-hydrogen) atoms. The number of hydrogen-bond donors (Lipinski definition) is 1. The van der Waals surface area contributed by atoms with Crippen LogP contribution in [-0.4, -0.2) is 74.9 Å². The molecule has 428 valence electrons. The van der Waals surface area contributed by atoms with Gasteiger partial charge in [0, 0.05) is 12.8 Å². The Morgan fingerprint density at radius 2 is 0.770 bits per heavy atom. The summed E-state index contributed by atoms with van der Waals surface area (Å²) in [4.78, 5) is 35.7. The molecule has 2 atom stereocenters. The van der Waals surface area contributed by atoms with Crippen molar-refractivity contribution < 1.29 is 42.1 Å². The fourth-order valence-electron chi connectivity index (χ4n) is 8.25. The lowest BCUT2D eigenvalue weighted by molar-refractivity contribution is -0.870. The lowest BCUT2D eigenvalue weighted by Gasteiger charge is -2.24. The minimum Gasteiger partial charge on any atom is -0.462 e. The largest absolute Gasteiger partial charge is 0.472 e. The zero-order chi connectivity index (χ0) is 54.2. The van der Waals surface area contributed by atoms with E-state index in [2.05, 4.69) is 98.9 Å². The average molecular weight is 1060 g/mol. The fourth-order valence-corrected chi connectivity index (χ4v) is 8.99. The second-order valence-corrected chi connectivity index (χ2v) is 22.8. The molecule has 0 spiro atoms. The van der Waals surface area contributed by atoms with Crippen molar-refractivity contribution in [2.45, 2.75) is 264 Å². The Hall–Kier alpha value is -2.81. The topological polar surface area (TPSA) is 108 Å². The number of hydrogen-bond acceptors (Lipinski definition) is 7. The number of allylic oxidation sites excluding steroid dienone is 14. The van der Waals surface area contributed by atoms with Gasteiger partial charge in [-0.15, -0.1) is 0 Å². The number of esters is 2. The zero-order valence-corrected chi connectivity index (χ0v) is 49.5.